The highest BCUT2D eigenvalue weighted by atomic mass is 16.5. The van der Waals surface area contributed by atoms with Crippen LogP contribution in [0.15, 0.2) is 18.2 Å². The summed E-state index contributed by atoms with van der Waals surface area (Å²) in [6.07, 6.45) is 1.51. The van der Waals surface area contributed by atoms with Gasteiger partial charge in [0, 0.05) is 32.6 Å². The lowest BCUT2D eigenvalue weighted by molar-refractivity contribution is -0.130. The molecule has 1 aromatic carbocycles. The number of carbonyl (C=O) groups is 1. The lowest BCUT2D eigenvalue weighted by Crippen LogP contribution is -2.34. The van der Waals surface area contributed by atoms with E-state index in [4.69, 9.17) is 4.74 Å². The molecule has 0 aliphatic carbocycles. The van der Waals surface area contributed by atoms with Crippen LogP contribution in [0.2, 0.25) is 0 Å². The van der Waals surface area contributed by atoms with Crippen LogP contribution >= 0.6 is 0 Å². The summed E-state index contributed by atoms with van der Waals surface area (Å²) in [6, 6.07) is 6.21. The van der Waals surface area contributed by atoms with Gasteiger partial charge in [-0.25, -0.2) is 0 Å². The van der Waals surface area contributed by atoms with Crippen molar-refractivity contribution < 1.29 is 9.53 Å². The van der Waals surface area contributed by atoms with Crippen LogP contribution < -0.4 is 10.1 Å². The second-order valence-corrected chi connectivity index (χ2v) is 4.93. The van der Waals surface area contributed by atoms with Crippen molar-refractivity contribution in [1.82, 2.24) is 10.2 Å². The molecule has 1 saturated heterocycles. The van der Waals surface area contributed by atoms with Crippen molar-refractivity contribution in [3.8, 4) is 5.75 Å². The van der Waals surface area contributed by atoms with Gasteiger partial charge in [-0.2, -0.15) is 0 Å². The SMILES string of the molecule is COc1ccc(CCN2CCNCCC2=O)cc1C. The smallest absolute Gasteiger partial charge is 0.223 e. The van der Waals surface area contributed by atoms with Crippen LogP contribution in [0.3, 0.4) is 0 Å². The van der Waals surface area contributed by atoms with E-state index in [1.54, 1.807) is 7.11 Å². The zero-order valence-corrected chi connectivity index (χ0v) is 11.7. The van der Waals surface area contributed by atoms with Gasteiger partial charge in [0.05, 0.1) is 7.11 Å². The van der Waals surface area contributed by atoms with Gasteiger partial charge >= 0.3 is 0 Å². The Morgan fingerprint density at radius 1 is 1.37 bits per heavy atom. The van der Waals surface area contributed by atoms with Crippen LogP contribution in [0.25, 0.3) is 0 Å². The molecule has 104 valence electrons. The average molecular weight is 262 g/mol. The highest BCUT2D eigenvalue weighted by Gasteiger charge is 2.15. The second kappa shape index (κ2) is 6.57. The number of aryl methyl sites for hydroxylation is 1. The van der Waals surface area contributed by atoms with E-state index >= 15 is 0 Å². The van der Waals surface area contributed by atoms with Crippen LogP contribution in [0.1, 0.15) is 17.5 Å². The van der Waals surface area contributed by atoms with E-state index in [2.05, 4.69) is 17.4 Å². The molecular weight excluding hydrogens is 240 g/mol. The Morgan fingerprint density at radius 2 is 2.21 bits per heavy atom. The average Bonchev–Trinajstić information content (AvgIpc) is 2.61. The predicted octanol–water partition coefficient (Wildman–Crippen LogP) is 1.37. The molecule has 0 aromatic heterocycles. The fourth-order valence-electron chi connectivity index (χ4n) is 2.41. The van der Waals surface area contributed by atoms with Crippen molar-refractivity contribution in [2.75, 3.05) is 33.3 Å². The molecular formula is C15H22N2O2. The van der Waals surface area contributed by atoms with Crippen LogP contribution in [-0.4, -0.2) is 44.1 Å². The molecule has 1 aromatic rings. The van der Waals surface area contributed by atoms with Crippen molar-refractivity contribution in [2.24, 2.45) is 0 Å². The molecule has 19 heavy (non-hydrogen) atoms. The Labute approximate surface area is 114 Å². The van der Waals surface area contributed by atoms with Gasteiger partial charge in [0.1, 0.15) is 5.75 Å². The summed E-state index contributed by atoms with van der Waals surface area (Å²) in [5, 5.41) is 3.25. The minimum absolute atomic E-state index is 0.259. The number of hydrogen-bond donors (Lipinski definition) is 1. The number of carbonyl (C=O) groups excluding carboxylic acids is 1. The Balaban J connectivity index is 1.94. The lowest BCUT2D eigenvalue weighted by Gasteiger charge is -2.20. The third-order valence-corrected chi connectivity index (χ3v) is 3.56. The van der Waals surface area contributed by atoms with E-state index in [0.717, 1.165) is 43.9 Å². The molecule has 1 amide bonds. The van der Waals surface area contributed by atoms with Gasteiger partial charge in [0.2, 0.25) is 5.91 Å². The van der Waals surface area contributed by atoms with E-state index in [9.17, 15) is 4.79 Å². The highest BCUT2D eigenvalue weighted by molar-refractivity contribution is 5.76. The van der Waals surface area contributed by atoms with Gasteiger partial charge in [-0.3, -0.25) is 4.79 Å². The van der Waals surface area contributed by atoms with E-state index in [0.29, 0.717) is 6.42 Å². The van der Waals surface area contributed by atoms with Crippen LogP contribution in [0.5, 0.6) is 5.75 Å². The minimum atomic E-state index is 0.259. The van der Waals surface area contributed by atoms with Crippen molar-refractivity contribution in [1.29, 1.82) is 0 Å². The van der Waals surface area contributed by atoms with E-state index in [-0.39, 0.29) is 5.91 Å². The van der Waals surface area contributed by atoms with E-state index < -0.39 is 0 Å². The lowest BCUT2D eigenvalue weighted by atomic mass is 10.1. The largest absolute Gasteiger partial charge is 0.496 e. The maximum atomic E-state index is 11.9. The molecule has 0 saturated carbocycles. The Kier molecular flexibility index (Phi) is 4.80. The van der Waals surface area contributed by atoms with Crippen LogP contribution in [0, 0.1) is 6.92 Å². The summed E-state index contributed by atoms with van der Waals surface area (Å²) < 4.78 is 5.26. The molecule has 1 aliphatic heterocycles. The van der Waals surface area contributed by atoms with Crippen molar-refractivity contribution in [2.45, 2.75) is 19.8 Å². The molecule has 0 radical (unpaired) electrons. The molecule has 2 rings (SSSR count). The topological polar surface area (TPSA) is 41.6 Å². The maximum Gasteiger partial charge on any atom is 0.223 e. The minimum Gasteiger partial charge on any atom is -0.496 e. The first-order chi connectivity index (χ1) is 9.20. The van der Waals surface area contributed by atoms with Crippen molar-refractivity contribution in [3.05, 3.63) is 29.3 Å². The number of amides is 1. The number of nitrogens with zero attached hydrogens (tertiary/aromatic N) is 1. The highest BCUT2D eigenvalue weighted by Crippen LogP contribution is 2.18. The van der Waals surface area contributed by atoms with E-state index in [1.807, 2.05) is 17.9 Å². The summed E-state index contributed by atoms with van der Waals surface area (Å²) in [4.78, 5) is 13.8. The molecule has 1 N–H and O–H groups in total. The number of benzene rings is 1. The zero-order chi connectivity index (χ0) is 13.7. The first kappa shape index (κ1) is 13.9. The van der Waals surface area contributed by atoms with Gasteiger partial charge in [-0.05, 0) is 30.5 Å². The van der Waals surface area contributed by atoms with Crippen molar-refractivity contribution >= 4 is 5.91 Å². The molecule has 4 heteroatoms. The molecule has 1 aliphatic rings. The molecule has 1 fully saturated rings. The Hall–Kier alpha value is -1.55. The van der Waals surface area contributed by atoms with Gasteiger partial charge in [-0.1, -0.05) is 12.1 Å². The molecule has 1 heterocycles. The van der Waals surface area contributed by atoms with Gasteiger partial charge in [0.25, 0.3) is 0 Å². The molecule has 0 bridgehead atoms. The summed E-state index contributed by atoms with van der Waals surface area (Å²) in [6.45, 7) is 5.36. The summed E-state index contributed by atoms with van der Waals surface area (Å²) in [5.74, 6) is 1.18. The summed E-state index contributed by atoms with van der Waals surface area (Å²) in [7, 11) is 1.69. The third kappa shape index (κ3) is 3.70. The standard InChI is InChI=1S/C15H22N2O2/c1-12-11-13(3-4-14(12)19-2)6-9-17-10-8-16-7-5-15(17)18/h3-4,11,16H,5-10H2,1-2H3. The third-order valence-electron chi connectivity index (χ3n) is 3.56. The number of hydrogen-bond acceptors (Lipinski definition) is 3. The fraction of sp³-hybridized carbons (Fsp3) is 0.533. The molecule has 0 atom stereocenters. The Morgan fingerprint density at radius 3 is 2.95 bits per heavy atom. The molecule has 0 spiro atoms. The summed E-state index contributed by atoms with van der Waals surface area (Å²) in [5.41, 5.74) is 2.40. The Bertz CT molecular complexity index is 446. The summed E-state index contributed by atoms with van der Waals surface area (Å²) >= 11 is 0. The molecule has 4 nitrogen and oxygen atoms in total. The number of methoxy groups -OCH3 is 1. The van der Waals surface area contributed by atoms with E-state index in [1.165, 1.54) is 5.56 Å². The quantitative estimate of drug-likeness (QED) is 0.891. The number of ether oxygens (including phenoxy) is 1. The fourth-order valence-corrected chi connectivity index (χ4v) is 2.41. The normalized spacial score (nSPS) is 16.3. The first-order valence-electron chi connectivity index (χ1n) is 6.82. The van der Waals surface area contributed by atoms with Crippen LogP contribution in [-0.2, 0) is 11.2 Å². The van der Waals surface area contributed by atoms with Crippen molar-refractivity contribution in [3.63, 3.8) is 0 Å². The number of rotatable bonds is 4. The second-order valence-electron chi connectivity index (χ2n) is 4.93. The monoisotopic (exact) mass is 262 g/mol. The van der Waals surface area contributed by atoms with Gasteiger partial charge in [-0.15, -0.1) is 0 Å². The predicted molar refractivity (Wildman–Crippen MR) is 75.5 cm³/mol. The van der Waals surface area contributed by atoms with Gasteiger partial charge in [0.15, 0.2) is 0 Å². The first-order valence-corrected chi connectivity index (χ1v) is 6.82. The zero-order valence-electron chi connectivity index (χ0n) is 11.7. The van der Waals surface area contributed by atoms with Gasteiger partial charge < -0.3 is 15.0 Å². The maximum absolute atomic E-state index is 11.9. The number of nitrogens with one attached hydrogen (secondary N) is 1. The van der Waals surface area contributed by atoms with Crippen LogP contribution in [0.4, 0.5) is 0 Å². The molecule has 0 unspecified atom stereocenters.